The zero-order chi connectivity index (χ0) is 25.7. The number of esters is 1. The number of likely N-dealkylation sites (N-methyl/N-ethyl adjacent to an activating group) is 1. The van der Waals surface area contributed by atoms with E-state index >= 15 is 0 Å². The molecule has 0 aliphatic carbocycles. The highest BCUT2D eigenvalue weighted by atomic mass is 79.9. The molecule has 0 unspecified atom stereocenters. The molecule has 1 aromatic carbocycles. The summed E-state index contributed by atoms with van der Waals surface area (Å²) in [4.78, 5) is 18.9. The van der Waals surface area contributed by atoms with E-state index in [2.05, 4.69) is 20.9 Å². The molecule has 7 nitrogen and oxygen atoms in total. The second-order valence-corrected chi connectivity index (χ2v) is 11.3. The molecule has 0 bridgehead atoms. The Balaban J connectivity index is 2.43. The van der Waals surface area contributed by atoms with Crippen molar-refractivity contribution in [3.05, 3.63) is 51.5 Å². The lowest BCUT2D eigenvalue weighted by Gasteiger charge is -2.12. The summed E-state index contributed by atoms with van der Waals surface area (Å²) in [7, 11) is 0.150. The van der Waals surface area contributed by atoms with Crippen molar-refractivity contribution < 1.29 is 31.1 Å². The van der Waals surface area contributed by atoms with Crippen LogP contribution in [-0.2, 0) is 19.4 Å². The zero-order valence-electron chi connectivity index (χ0n) is 18.5. The molecule has 0 spiro atoms. The Morgan fingerprint density at radius 1 is 1.24 bits per heavy atom. The molecule has 0 atom stereocenters. The van der Waals surface area contributed by atoms with Crippen molar-refractivity contribution in [1.29, 1.82) is 0 Å². The average Bonchev–Trinajstić information content (AvgIpc) is 3.21. The van der Waals surface area contributed by atoms with Gasteiger partial charge >= 0.3 is 12.1 Å². The van der Waals surface area contributed by atoms with Crippen LogP contribution in [0.5, 0.6) is 0 Å². The molecule has 0 fully saturated rings. The number of carbonyl (C=O) groups is 1. The van der Waals surface area contributed by atoms with E-state index in [-0.39, 0.29) is 17.2 Å². The van der Waals surface area contributed by atoms with Crippen LogP contribution in [0.1, 0.15) is 4.88 Å². The first-order valence-electron chi connectivity index (χ1n) is 9.68. The number of sulfone groups is 1. The third-order valence-electron chi connectivity index (χ3n) is 4.30. The number of nitrogens with zero attached hydrogens (tertiary/aromatic N) is 2. The van der Waals surface area contributed by atoms with Crippen molar-refractivity contribution in [3.8, 4) is 10.4 Å². The molecule has 0 saturated heterocycles. The number of ether oxygens (including phenoxy) is 1. The Bertz CT molecular complexity index is 1210. The van der Waals surface area contributed by atoms with Gasteiger partial charge in [0.25, 0.3) is 0 Å². The molecule has 0 saturated carbocycles. The second kappa shape index (κ2) is 11.5. The highest BCUT2D eigenvalue weighted by molar-refractivity contribution is 9.12. The normalized spacial score (nSPS) is 13.7. The molecular weight excluding hydrogens is 559 g/mol. The van der Waals surface area contributed by atoms with Gasteiger partial charge in [-0.2, -0.15) is 13.2 Å². The van der Waals surface area contributed by atoms with Gasteiger partial charge in [-0.3, -0.25) is 9.79 Å². The first kappa shape index (κ1) is 28.0. The van der Waals surface area contributed by atoms with E-state index in [1.807, 2.05) is 0 Å². The number of allylic oxidation sites excluding steroid dienone is 2. The van der Waals surface area contributed by atoms with Gasteiger partial charge in [0.05, 0.1) is 20.0 Å². The summed E-state index contributed by atoms with van der Waals surface area (Å²) in [6.45, 7) is 0.0752. The van der Waals surface area contributed by atoms with E-state index in [1.54, 1.807) is 37.2 Å². The molecule has 0 aliphatic heterocycles. The summed E-state index contributed by atoms with van der Waals surface area (Å²) >= 11 is 3.95. The fourth-order valence-electron chi connectivity index (χ4n) is 2.54. The zero-order valence-corrected chi connectivity index (χ0v) is 21.7. The van der Waals surface area contributed by atoms with E-state index < -0.39 is 38.7 Å². The van der Waals surface area contributed by atoms with E-state index in [4.69, 9.17) is 10.5 Å². The number of benzene rings is 1. The van der Waals surface area contributed by atoms with Gasteiger partial charge < -0.3 is 15.4 Å². The summed E-state index contributed by atoms with van der Waals surface area (Å²) in [5.74, 6) is -0.706. The Morgan fingerprint density at radius 3 is 2.50 bits per heavy atom. The quantitative estimate of drug-likeness (QED) is 0.356. The number of hydrogen-bond acceptors (Lipinski definition) is 8. The minimum Gasteiger partial charge on any atom is -0.463 e. The minimum atomic E-state index is -4.82. The maximum atomic E-state index is 13.2. The van der Waals surface area contributed by atoms with Crippen molar-refractivity contribution in [2.45, 2.75) is 11.1 Å². The molecule has 13 heteroatoms. The van der Waals surface area contributed by atoms with Crippen molar-refractivity contribution >= 4 is 48.8 Å². The van der Waals surface area contributed by atoms with Crippen LogP contribution >= 0.6 is 27.3 Å². The lowest BCUT2D eigenvalue weighted by atomic mass is 10.2. The number of nitrogens with two attached hydrogens (primary N) is 1. The largest absolute Gasteiger partial charge is 0.463 e. The lowest BCUT2D eigenvalue weighted by molar-refractivity contribution is -0.142. The van der Waals surface area contributed by atoms with E-state index in [0.29, 0.717) is 21.9 Å². The van der Waals surface area contributed by atoms with Crippen LogP contribution in [0, 0.1) is 0 Å². The molecule has 2 rings (SSSR count). The van der Waals surface area contributed by atoms with E-state index in [9.17, 15) is 26.4 Å². The fraction of sp³-hybridized carbons (Fsp3) is 0.333. The molecule has 0 aliphatic rings. The number of hydrogen-bond donors (Lipinski definition) is 1. The number of aliphatic imine (C=N–C) groups is 1. The Labute approximate surface area is 208 Å². The first-order chi connectivity index (χ1) is 15.7. The summed E-state index contributed by atoms with van der Waals surface area (Å²) in [5, 5.41) is 0. The molecule has 0 radical (unpaired) electrons. The summed E-state index contributed by atoms with van der Waals surface area (Å²) in [6, 6.07) is 9.31. The highest BCUT2D eigenvalue weighted by Gasteiger charge is 2.35. The van der Waals surface area contributed by atoms with Gasteiger partial charge in [0.2, 0.25) is 0 Å². The number of thiophene rings is 1. The third kappa shape index (κ3) is 7.93. The number of carbonyl (C=O) groups excluding carboxylic acids is 1. The highest BCUT2D eigenvalue weighted by Crippen LogP contribution is 2.34. The lowest BCUT2D eigenvalue weighted by Crippen LogP contribution is -2.24. The molecule has 34 heavy (non-hydrogen) atoms. The number of alkyl halides is 3. The maximum Gasteiger partial charge on any atom is 0.431 e. The van der Waals surface area contributed by atoms with Gasteiger partial charge in [-0.25, -0.2) is 8.42 Å². The Morgan fingerprint density at radius 2 is 1.91 bits per heavy atom. The predicted octanol–water partition coefficient (Wildman–Crippen LogP) is 3.84. The van der Waals surface area contributed by atoms with Crippen LogP contribution in [0.2, 0.25) is 0 Å². The smallest absolute Gasteiger partial charge is 0.431 e. The van der Waals surface area contributed by atoms with Crippen LogP contribution in [0.4, 0.5) is 13.2 Å². The Hall–Kier alpha value is -2.22. The second-order valence-electron chi connectivity index (χ2n) is 7.38. The molecule has 186 valence electrons. The summed E-state index contributed by atoms with van der Waals surface area (Å²) < 4.78 is 67.9. The van der Waals surface area contributed by atoms with Gasteiger partial charge in [-0.1, -0.05) is 12.1 Å². The van der Waals surface area contributed by atoms with E-state index in [0.717, 1.165) is 17.6 Å². The fourth-order valence-corrected chi connectivity index (χ4v) is 4.92. The standard InChI is InChI=1S/C21H23BrF3N3O4S2/c1-28(2)9-10-32-17(29)12-27-19(18(22)20(26)21(23,24)25)16-8-7-15(33-16)13-5-4-6-14(11-13)34(3,30)31/h4-8,11H,9-10,12,26H2,1-3H3. The van der Waals surface area contributed by atoms with Crippen LogP contribution in [0.15, 0.2) is 56.5 Å². The van der Waals surface area contributed by atoms with Crippen molar-refractivity contribution in [2.24, 2.45) is 10.7 Å². The topological polar surface area (TPSA) is 102 Å². The molecule has 1 aromatic heterocycles. The molecule has 2 N–H and O–H groups in total. The number of rotatable bonds is 9. The predicted molar refractivity (Wildman–Crippen MR) is 130 cm³/mol. The van der Waals surface area contributed by atoms with Gasteiger partial charge in [0, 0.05) is 17.7 Å². The SMILES string of the molecule is CN(C)CCOC(=O)CN=C(C(Br)=C(N)C(F)(F)F)c1ccc(-c2cccc(S(C)(=O)=O)c2)s1. The van der Waals surface area contributed by atoms with Crippen molar-refractivity contribution in [3.63, 3.8) is 0 Å². The van der Waals surface area contributed by atoms with Crippen LogP contribution < -0.4 is 5.73 Å². The maximum absolute atomic E-state index is 13.2. The molecule has 2 aromatic rings. The van der Waals surface area contributed by atoms with Crippen LogP contribution in [-0.4, -0.2) is 71.2 Å². The third-order valence-corrected chi connectivity index (χ3v) is 7.36. The van der Waals surface area contributed by atoms with Gasteiger partial charge in [-0.05, 0) is 59.9 Å². The van der Waals surface area contributed by atoms with Crippen LogP contribution in [0.3, 0.4) is 0 Å². The first-order valence-corrected chi connectivity index (χ1v) is 13.2. The molecule has 1 heterocycles. The molecular formula is C21H23BrF3N3O4S2. The van der Waals surface area contributed by atoms with Gasteiger partial charge in [0.15, 0.2) is 9.84 Å². The van der Waals surface area contributed by atoms with Crippen LogP contribution in [0.25, 0.3) is 10.4 Å². The summed E-state index contributed by atoms with van der Waals surface area (Å²) in [5.41, 5.74) is 4.27. The van der Waals surface area contributed by atoms with Crippen molar-refractivity contribution in [2.75, 3.05) is 40.0 Å². The van der Waals surface area contributed by atoms with Crippen molar-refractivity contribution in [1.82, 2.24) is 4.90 Å². The summed E-state index contributed by atoms with van der Waals surface area (Å²) in [6.07, 6.45) is -3.74. The molecule has 0 amide bonds. The van der Waals surface area contributed by atoms with Gasteiger partial charge in [0.1, 0.15) is 18.8 Å². The monoisotopic (exact) mass is 581 g/mol. The van der Waals surface area contributed by atoms with E-state index in [1.165, 1.54) is 18.2 Å². The minimum absolute atomic E-state index is 0.108. The Kier molecular flexibility index (Phi) is 9.45. The number of halogens is 4. The van der Waals surface area contributed by atoms with Gasteiger partial charge in [-0.15, -0.1) is 11.3 Å². The average molecular weight is 582 g/mol.